The number of nitro benzene ring substituents is 1. The molecule has 1 saturated heterocycles. The molecule has 0 spiro atoms. The number of nitro groups is 1. The van der Waals surface area contributed by atoms with Crippen LogP contribution in [-0.4, -0.2) is 22.2 Å². The SMILES string of the molecule is O=C(CC1CCSCC1)c1c(Cl)cccc1[N+](=O)[O-]. The molecule has 1 aliphatic rings. The van der Waals surface area contributed by atoms with Crippen LogP contribution in [0.25, 0.3) is 0 Å². The van der Waals surface area contributed by atoms with Gasteiger partial charge in [-0.3, -0.25) is 14.9 Å². The van der Waals surface area contributed by atoms with Crippen LogP contribution in [0.4, 0.5) is 5.69 Å². The Bertz CT molecular complexity index is 501. The zero-order valence-corrected chi connectivity index (χ0v) is 11.9. The molecule has 1 aliphatic heterocycles. The summed E-state index contributed by atoms with van der Waals surface area (Å²) in [5.41, 5.74) is -0.130. The first-order valence-electron chi connectivity index (χ1n) is 6.13. The van der Waals surface area contributed by atoms with Crippen molar-refractivity contribution < 1.29 is 9.72 Å². The predicted molar refractivity (Wildman–Crippen MR) is 77.1 cm³/mol. The quantitative estimate of drug-likeness (QED) is 0.479. The average molecular weight is 300 g/mol. The van der Waals surface area contributed by atoms with Crippen molar-refractivity contribution in [1.29, 1.82) is 0 Å². The Morgan fingerprint density at radius 2 is 2.11 bits per heavy atom. The number of benzene rings is 1. The number of rotatable bonds is 4. The van der Waals surface area contributed by atoms with Crippen LogP contribution < -0.4 is 0 Å². The number of carbonyl (C=O) groups excluding carboxylic acids is 1. The standard InChI is InChI=1S/C13H14ClNO3S/c14-10-2-1-3-11(15(17)18)13(10)12(16)8-9-4-6-19-7-5-9/h1-3,9H,4-8H2. The maximum Gasteiger partial charge on any atom is 0.281 e. The minimum absolute atomic E-state index is 0.0624. The van der Waals surface area contributed by atoms with Crippen molar-refractivity contribution in [1.82, 2.24) is 0 Å². The van der Waals surface area contributed by atoms with Crippen molar-refractivity contribution in [2.45, 2.75) is 19.3 Å². The summed E-state index contributed by atoms with van der Waals surface area (Å²) in [5.74, 6) is 2.23. The largest absolute Gasteiger partial charge is 0.294 e. The lowest BCUT2D eigenvalue weighted by Crippen LogP contribution is -2.15. The van der Waals surface area contributed by atoms with Gasteiger partial charge in [0.1, 0.15) is 5.56 Å². The molecular weight excluding hydrogens is 286 g/mol. The van der Waals surface area contributed by atoms with Gasteiger partial charge < -0.3 is 0 Å². The zero-order valence-electron chi connectivity index (χ0n) is 10.3. The van der Waals surface area contributed by atoms with Crippen molar-refractivity contribution in [2.24, 2.45) is 5.92 Å². The van der Waals surface area contributed by atoms with Gasteiger partial charge in [0.15, 0.2) is 5.78 Å². The van der Waals surface area contributed by atoms with Crippen LogP contribution in [0.2, 0.25) is 5.02 Å². The monoisotopic (exact) mass is 299 g/mol. The van der Waals surface area contributed by atoms with Crippen LogP contribution >= 0.6 is 23.4 Å². The number of ketones is 1. The summed E-state index contributed by atoms with van der Waals surface area (Å²) in [6.07, 6.45) is 2.34. The molecule has 1 aromatic rings. The molecule has 0 bridgehead atoms. The second kappa shape index (κ2) is 6.39. The topological polar surface area (TPSA) is 60.2 Å². The van der Waals surface area contributed by atoms with Gasteiger partial charge in [0.05, 0.1) is 9.95 Å². The number of Topliss-reactive ketones (excluding diaryl/α,β-unsaturated/α-hetero) is 1. The summed E-state index contributed by atoms with van der Waals surface area (Å²) in [5, 5.41) is 11.1. The molecule has 0 amide bonds. The van der Waals surface area contributed by atoms with Crippen molar-refractivity contribution in [3.05, 3.63) is 38.9 Å². The molecule has 1 heterocycles. The van der Waals surface area contributed by atoms with Crippen LogP contribution in [0.1, 0.15) is 29.6 Å². The van der Waals surface area contributed by atoms with E-state index in [1.165, 1.54) is 18.2 Å². The predicted octanol–water partition coefficient (Wildman–Crippen LogP) is 3.96. The minimum Gasteiger partial charge on any atom is -0.294 e. The first-order chi connectivity index (χ1) is 9.09. The zero-order chi connectivity index (χ0) is 13.8. The lowest BCUT2D eigenvalue weighted by Gasteiger charge is -2.20. The fourth-order valence-electron chi connectivity index (χ4n) is 2.26. The Hall–Kier alpha value is -1.07. The molecule has 0 aromatic heterocycles. The number of hydrogen-bond acceptors (Lipinski definition) is 4. The molecule has 2 rings (SSSR count). The molecule has 0 saturated carbocycles. The Morgan fingerprint density at radius 3 is 2.74 bits per heavy atom. The van der Waals surface area contributed by atoms with E-state index in [1.807, 2.05) is 11.8 Å². The van der Waals surface area contributed by atoms with Crippen LogP contribution in [0.5, 0.6) is 0 Å². The second-order valence-electron chi connectivity index (χ2n) is 4.57. The van der Waals surface area contributed by atoms with Gasteiger partial charge in [-0.2, -0.15) is 11.8 Å². The van der Waals surface area contributed by atoms with Gasteiger partial charge in [-0.25, -0.2) is 0 Å². The van der Waals surface area contributed by atoms with Crippen LogP contribution in [0.15, 0.2) is 18.2 Å². The van der Waals surface area contributed by atoms with E-state index < -0.39 is 4.92 Å². The van der Waals surface area contributed by atoms with Crippen LogP contribution in [-0.2, 0) is 0 Å². The first-order valence-corrected chi connectivity index (χ1v) is 7.66. The van der Waals surface area contributed by atoms with E-state index in [1.54, 1.807) is 0 Å². The molecule has 1 fully saturated rings. The Kier molecular flexibility index (Phi) is 4.82. The lowest BCUT2D eigenvalue weighted by molar-refractivity contribution is -0.385. The van der Waals surface area contributed by atoms with Gasteiger partial charge in [-0.1, -0.05) is 17.7 Å². The van der Waals surface area contributed by atoms with Gasteiger partial charge in [0.2, 0.25) is 0 Å². The highest BCUT2D eigenvalue weighted by molar-refractivity contribution is 7.99. The van der Waals surface area contributed by atoms with Crippen molar-refractivity contribution in [2.75, 3.05) is 11.5 Å². The highest BCUT2D eigenvalue weighted by Crippen LogP contribution is 2.31. The van der Waals surface area contributed by atoms with Crippen molar-refractivity contribution >= 4 is 34.8 Å². The molecule has 102 valence electrons. The van der Waals surface area contributed by atoms with E-state index in [9.17, 15) is 14.9 Å². The number of hydrogen-bond donors (Lipinski definition) is 0. The second-order valence-corrected chi connectivity index (χ2v) is 6.21. The fourth-order valence-corrected chi connectivity index (χ4v) is 3.73. The fraction of sp³-hybridized carbons (Fsp3) is 0.462. The molecule has 0 N–H and O–H groups in total. The summed E-state index contributed by atoms with van der Waals surface area (Å²) in [4.78, 5) is 22.7. The minimum atomic E-state index is -0.546. The van der Waals surface area contributed by atoms with Crippen LogP contribution in [0.3, 0.4) is 0 Å². The van der Waals surface area contributed by atoms with E-state index in [4.69, 9.17) is 11.6 Å². The average Bonchev–Trinajstić information content (AvgIpc) is 2.39. The Balaban J connectivity index is 2.20. The van der Waals surface area contributed by atoms with Crippen molar-refractivity contribution in [3.8, 4) is 0 Å². The highest BCUT2D eigenvalue weighted by atomic mass is 35.5. The van der Waals surface area contributed by atoms with Crippen molar-refractivity contribution in [3.63, 3.8) is 0 Å². The highest BCUT2D eigenvalue weighted by Gasteiger charge is 2.26. The lowest BCUT2D eigenvalue weighted by atomic mass is 9.93. The smallest absolute Gasteiger partial charge is 0.281 e. The molecule has 0 atom stereocenters. The van der Waals surface area contributed by atoms with Gasteiger partial charge in [0.25, 0.3) is 5.69 Å². The Labute approximate surface area is 120 Å². The third-order valence-electron chi connectivity index (χ3n) is 3.28. The van der Waals surface area contributed by atoms with Gasteiger partial charge in [-0.15, -0.1) is 0 Å². The summed E-state index contributed by atoms with van der Waals surface area (Å²) in [6, 6.07) is 4.35. The Morgan fingerprint density at radius 1 is 1.42 bits per heavy atom. The first kappa shape index (κ1) is 14.3. The molecule has 4 nitrogen and oxygen atoms in total. The van der Waals surface area contributed by atoms with E-state index in [2.05, 4.69) is 0 Å². The molecule has 6 heteroatoms. The normalized spacial score (nSPS) is 16.3. The van der Waals surface area contributed by atoms with Crippen LogP contribution in [0, 0.1) is 16.0 Å². The van der Waals surface area contributed by atoms with E-state index >= 15 is 0 Å². The third kappa shape index (κ3) is 3.48. The molecule has 0 aliphatic carbocycles. The van der Waals surface area contributed by atoms with E-state index in [0.29, 0.717) is 12.3 Å². The van der Waals surface area contributed by atoms with Gasteiger partial charge in [0, 0.05) is 12.5 Å². The number of nitrogens with zero attached hydrogens (tertiary/aromatic N) is 1. The van der Waals surface area contributed by atoms with Gasteiger partial charge >= 0.3 is 0 Å². The molecule has 0 radical (unpaired) electrons. The molecule has 19 heavy (non-hydrogen) atoms. The summed E-state index contributed by atoms with van der Waals surface area (Å²) >= 11 is 7.84. The number of thioether (sulfide) groups is 1. The number of halogens is 1. The maximum atomic E-state index is 12.3. The van der Waals surface area contributed by atoms with E-state index in [-0.39, 0.29) is 22.1 Å². The van der Waals surface area contributed by atoms with Gasteiger partial charge in [-0.05, 0) is 36.3 Å². The molecule has 0 unspecified atom stereocenters. The molecule has 1 aromatic carbocycles. The third-order valence-corrected chi connectivity index (χ3v) is 4.65. The molecular formula is C13H14ClNO3S. The summed E-state index contributed by atoms with van der Waals surface area (Å²) in [7, 11) is 0. The summed E-state index contributed by atoms with van der Waals surface area (Å²) < 4.78 is 0. The van der Waals surface area contributed by atoms with E-state index in [0.717, 1.165) is 24.3 Å². The maximum absolute atomic E-state index is 12.3. The number of carbonyl (C=O) groups is 1. The summed E-state index contributed by atoms with van der Waals surface area (Å²) in [6.45, 7) is 0.